The lowest BCUT2D eigenvalue weighted by molar-refractivity contribution is 0.175. The Labute approximate surface area is 94.0 Å². The van der Waals surface area contributed by atoms with Crippen LogP contribution in [-0.4, -0.2) is 13.7 Å². The maximum Gasteiger partial charge on any atom is 0.0561 e. The summed E-state index contributed by atoms with van der Waals surface area (Å²) in [6, 6.07) is 1.92. The van der Waals surface area contributed by atoms with Gasteiger partial charge in [-0.1, -0.05) is 18.5 Å². The molecule has 0 aliphatic heterocycles. The van der Waals surface area contributed by atoms with Crippen LogP contribution in [0.1, 0.15) is 24.3 Å². The zero-order chi connectivity index (χ0) is 10.6. The van der Waals surface area contributed by atoms with Crippen LogP contribution in [0.25, 0.3) is 0 Å². The Morgan fingerprint density at radius 1 is 1.64 bits per heavy atom. The van der Waals surface area contributed by atoms with Crippen LogP contribution in [0.5, 0.6) is 0 Å². The Bertz CT molecular complexity index is 277. The monoisotopic (exact) mass is 233 g/mol. The SMILES string of the molecule is COCCC(C)C(N)c1sccc1Cl. The van der Waals surface area contributed by atoms with Crippen LogP contribution < -0.4 is 5.73 Å². The Kier molecular flexibility index (Phi) is 4.89. The summed E-state index contributed by atoms with van der Waals surface area (Å²) in [5.41, 5.74) is 6.09. The molecular weight excluding hydrogens is 218 g/mol. The maximum absolute atomic E-state index is 6.09. The van der Waals surface area contributed by atoms with Gasteiger partial charge in [-0.25, -0.2) is 0 Å². The van der Waals surface area contributed by atoms with Crippen LogP contribution in [0.2, 0.25) is 5.02 Å². The van der Waals surface area contributed by atoms with Crippen LogP contribution in [-0.2, 0) is 4.74 Å². The highest BCUT2D eigenvalue weighted by molar-refractivity contribution is 7.10. The van der Waals surface area contributed by atoms with E-state index in [2.05, 4.69) is 6.92 Å². The van der Waals surface area contributed by atoms with Crippen molar-refractivity contribution < 1.29 is 4.74 Å². The standard InChI is InChI=1S/C10H16ClNOS/c1-7(3-5-13-2)9(12)10-8(11)4-6-14-10/h4,6-7,9H,3,5,12H2,1-2H3. The third-order valence-electron chi connectivity index (χ3n) is 2.34. The maximum atomic E-state index is 6.09. The highest BCUT2D eigenvalue weighted by Crippen LogP contribution is 2.32. The molecule has 0 fully saturated rings. The molecular formula is C10H16ClNOS. The third-order valence-corrected chi connectivity index (χ3v) is 3.80. The van der Waals surface area contributed by atoms with Crippen molar-refractivity contribution in [1.82, 2.24) is 0 Å². The molecule has 1 heterocycles. The first-order chi connectivity index (χ1) is 6.66. The average Bonchev–Trinajstić information content (AvgIpc) is 2.59. The van der Waals surface area contributed by atoms with Crippen molar-refractivity contribution in [3.05, 3.63) is 21.3 Å². The van der Waals surface area contributed by atoms with Crippen LogP contribution in [0, 0.1) is 5.92 Å². The van der Waals surface area contributed by atoms with Crippen molar-refractivity contribution in [2.24, 2.45) is 11.7 Å². The minimum atomic E-state index is 0.0256. The molecule has 0 aliphatic rings. The molecule has 2 N–H and O–H groups in total. The fraction of sp³-hybridized carbons (Fsp3) is 0.600. The van der Waals surface area contributed by atoms with Gasteiger partial charge in [-0.3, -0.25) is 0 Å². The minimum absolute atomic E-state index is 0.0256. The summed E-state index contributed by atoms with van der Waals surface area (Å²) < 4.78 is 5.03. The molecule has 0 spiro atoms. The zero-order valence-electron chi connectivity index (χ0n) is 8.50. The molecule has 0 radical (unpaired) electrons. The molecule has 80 valence electrons. The van der Waals surface area contributed by atoms with E-state index in [9.17, 15) is 0 Å². The molecule has 0 saturated carbocycles. The van der Waals surface area contributed by atoms with Gasteiger partial charge in [-0.15, -0.1) is 11.3 Å². The second-order valence-corrected chi connectivity index (χ2v) is 4.77. The number of hydrogen-bond donors (Lipinski definition) is 1. The molecule has 0 bridgehead atoms. The van der Waals surface area contributed by atoms with Crippen molar-refractivity contribution in [2.75, 3.05) is 13.7 Å². The summed E-state index contributed by atoms with van der Waals surface area (Å²) in [5, 5.41) is 2.76. The van der Waals surface area contributed by atoms with Crippen molar-refractivity contribution in [3.8, 4) is 0 Å². The molecule has 2 unspecified atom stereocenters. The van der Waals surface area contributed by atoms with Gasteiger partial charge in [0.1, 0.15) is 0 Å². The summed E-state index contributed by atoms with van der Waals surface area (Å²) in [6.07, 6.45) is 0.964. The van der Waals surface area contributed by atoms with E-state index in [0.717, 1.165) is 22.9 Å². The fourth-order valence-electron chi connectivity index (χ4n) is 1.28. The van der Waals surface area contributed by atoms with Crippen molar-refractivity contribution >= 4 is 22.9 Å². The minimum Gasteiger partial charge on any atom is -0.385 e. The first kappa shape index (κ1) is 12.0. The molecule has 2 atom stereocenters. The Morgan fingerprint density at radius 3 is 2.86 bits per heavy atom. The Hall–Kier alpha value is -0.0900. The van der Waals surface area contributed by atoms with Gasteiger partial charge in [0.25, 0.3) is 0 Å². The summed E-state index contributed by atoms with van der Waals surface area (Å²) in [5.74, 6) is 0.395. The molecule has 0 saturated heterocycles. The summed E-state index contributed by atoms with van der Waals surface area (Å²) in [6.45, 7) is 2.87. The summed E-state index contributed by atoms with van der Waals surface area (Å²) in [7, 11) is 1.70. The number of rotatable bonds is 5. The lowest BCUT2D eigenvalue weighted by Gasteiger charge is -2.18. The molecule has 2 nitrogen and oxygen atoms in total. The van der Waals surface area contributed by atoms with Gasteiger partial charge in [0.15, 0.2) is 0 Å². The largest absolute Gasteiger partial charge is 0.385 e. The molecule has 1 rings (SSSR count). The second-order valence-electron chi connectivity index (χ2n) is 3.42. The van der Waals surface area contributed by atoms with Crippen LogP contribution in [0.15, 0.2) is 11.4 Å². The molecule has 4 heteroatoms. The van der Waals surface area contributed by atoms with E-state index in [1.54, 1.807) is 18.4 Å². The summed E-state index contributed by atoms with van der Waals surface area (Å²) in [4.78, 5) is 1.08. The van der Waals surface area contributed by atoms with E-state index in [1.165, 1.54) is 0 Å². The topological polar surface area (TPSA) is 35.2 Å². The fourth-order valence-corrected chi connectivity index (χ4v) is 2.60. The predicted molar refractivity (Wildman–Crippen MR) is 61.9 cm³/mol. The molecule has 14 heavy (non-hydrogen) atoms. The molecule has 1 aromatic rings. The lowest BCUT2D eigenvalue weighted by atomic mass is 9.98. The van der Waals surface area contributed by atoms with Gasteiger partial charge in [0.05, 0.1) is 5.02 Å². The number of methoxy groups -OCH3 is 1. The molecule has 1 aromatic heterocycles. The first-order valence-electron chi connectivity index (χ1n) is 4.64. The van der Waals surface area contributed by atoms with E-state index in [1.807, 2.05) is 11.4 Å². The van der Waals surface area contributed by atoms with Crippen LogP contribution in [0.3, 0.4) is 0 Å². The number of nitrogens with two attached hydrogens (primary N) is 1. The van der Waals surface area contributed by atoms with E-state index in [4.69, 9.17) is 22.1 Å². The van der Waals surface area contributed by atoms with Gasteiger partial charge in [-0.05, 0) is 23.8 Å². The van der Waals surface area contributed by atoms with Gasteiger partial charge in [0, 0.05) is 24.6 Å². The van der Waals surface area contributed by atoms with Crippen LogP contribution >= 0.6 is 22.9 Å². The molecule has 0 aliphatic carbocycles. The third kappa shape index (κ3) is 2.95. The Morgan fingerprint density at radius 2 is 2.36 bits per heavy atom. The lowest BCUT2D eigenvalue weighted by Crippen LogP contribution is -2.19. The van der Waals surface area contributed by atoms with E-state index >= 15 is 0 Å². The van der Waals surface area contributed by atoms with Gasteiger partial charge in [-0.2, -0.15) is 0 Å². The highest BCUT2D eigenvalue weighted by atomic mass is 35.5. The normalized spacial score (nSPS) is 15.4. The molecule has 0 aromatic carbocycles. The number of hydrogen-bond acceptors (Lipinski definition) is 3. The van der Waals surface area contributed by atoms with Crippen molar-refractivity contribution in [1.29, 1.82) is 0 Å². The first-order valence-corrected chi connectivity index (χ1v) is 5.90. The number of ether oxygens (including phenoxy) is 1. The molecule has 0 amide bonds. The van der Waals surface area contributed by atoms with Crippen molar-refractivity contribution in [3.63, 3.8) is 0 Å². The average molecular weight is 234 g/mol. The van der Waals surface area contributed by atoms with Crippen molar-refractivity contribution in [2.45, 2.75) is 19.4 Å². The highest BCUT2D eigenvalue weighted by Gasteiger charge is 2.18. The predicted octanol–water partition coefficient (Wildman–Crippen LogP) is 3.07. The van der Waals surface area contributed by atoms with E-state index in [-0.39, 0.29) is 6.04 Å². The number of halogens is 1. The van der Waals surface area contributed by atoms with Gasteiger partial charge < -0.3 is 10.5 Å². The van der Waals surface area contributed by atoms with E-state index in [0.29, 0.717) is 5.92 Å². The quantitative estimate of drug-likeness (QED) is 0.849. The smallest absolute Gasteiger partial charge is 0.0561 e. The van der Waals surface area contributed by atoms with Crippen LogP contribution in [0.4, 0.5) is 0 Å². The summed E-state index contributed by atoms with van der Waals surface area (Å²) >= 11 is 7.63. The van der Waals surface area contributed by atoms with Gasteiger partial charge >= 0.3 is 0 Å². The Balaban J connectivity index is 2.56. The second kappa shape index (κ2) is 5.71. The zero-order valence-corrected chi connectivity index (χ0v) is 10.1. The van der Waals surface area contributed by atoms with Gasteiger partial charge in [0.2, 0.25) is 0 Å². The number of thiophene rings is 1. The van der Waals surface area contributed by atoms with E-state index < -0.39 is 0 Å².